The SMILES string of the molecule is O=S(=O)(Nc1cccc2cc(C3=NCC(CCO)S3)[nH]c12)c1cccs1. The van der Waals surface area contributed by atoms with Crippen LogP contribution in [-0.2, 0) is 10.0 Å². The second-order valence-electron chi connectivity index (χ2n) is 5.89. The molecule has 0 aliphatic carbocycles. The number of rotatable bonds is 6. The van der Waals surface area contributed by atoms with Gasteiger partial charge in [-0.05, 0) is 30.0 Å². The number of hydrogen-bond acceptors (Lipinski definition) is 6. The summed E-state index contributed by atoms with van der Waals surface area (Å²) in [4.78, 5) is 7.85. The van der Waals surface area contributed by atoms with Crippen molar-refractivity contribution < 1.29 is 13.5 Å². The van der Waals surface area contributed by atoms with Crippen LogP contribution in [0.4, 0.5) is 5.69 Å². The minimum absolute atomic E-state index is 0.155. The molecule has 1 unspecified atom stereocenters. The van der Waals surface area contributed by atoms with Crippen molar-refractivity contribution in [2.75, 3.05) is 17.9 Å². The molecule has 3 aromatic rings. The van der Waals surface area contributed by atoms with Crippen molar-refractivity contribution in [3.63, 3.8) is 0 Å². The highest BCUT2D eigenvalue weighted by atomic mass is 32.2. The minimum Gasteiger partial charge on any atom is -0.396 e. The Morgan fingerprint density at radius 3 is 2.96 bits per heavy atom. The van der Waals surface area contributed by atoms with Gasteiger partial charge in [0.2, 0.25) is 0 Å². The smallest absolute Gasteiger partial charge is 0.271 e. The van der Waals surface area contributed by atoms with Crippen molar-refractivity contribution in [3.8, 4) is 0 Å². The molecule has 26 heavy (non-hydrogen) atoms. The first-order valence-electron chi connectivity index (χ1n) is 8.07. The number of nitrogens with one attached hydrogen (secondary N) is 2. The first kappa shape index (κ1) is 17.6. The zero-order valence-electron chi connectivity index (χ0n) is 13.7. The number of nitrogens with zero attached hydrogens (tertiary/aromatic N) is 1. The normalized spacial score (nSPS) is 17.6. The summed E-state index contributed by atoms with van der Waals surface area (Å²) < 4.78 is 28.0. The van der Waals surface area contributed by atoms with Gasteiger partial charge in [0.1, 0.15) is 9.25 Å². The van der Waals surface area contributed by atoms with E-state index in [0.717, 1.165) is 21.6 Å². The lowest BCUT2D eigenvalue weighted by molar-refractivity contribution is 0.288. The van der Waals surface area contributed by atoms with E-state index in [1.54, 1.807) is 35.3 Å². The summed E-state index contributed by atoms with van der Waals surface area (Å²) in [5, 5.41) is 12.9. The topological polar surface area (TPSA) is 94.6 Å². The highest BCUT2D eigenvalue weighted by Gasteiger charge is 2.22. The van der Waals surface area contributed by atoms with Gasteiger partial charge in [-0.15, -0.1) is 11.3 Å². The number of H-pyrrole nitrogens is 1. The molecular weight excluding hydrogens is 390 g/mol. The van der Waals surface area contributed by atoms with Crippen molar-refractivity contribution >= 4 is 54.8 Å². The molecule has 0 spiro atoms. The molecule has 0 radical (unpaired) electrons. The number of aliphatic hydroxyl groups is 1. The number of aliphatic imine (C=N–C) groups is 1. The van der Waals surface area contributed by atoms with Gasteiger partial charge in [0.05, 0.1) is 23.4 Å². The molecule has 4 rings (SSSR count). The van der Waals surface area contributed by atoms with Gasteiger partial charge in [0.25, 0.3) is 10.0 Å². The Hall–Kier alpha value is -1.81. The number of thiophene rings is 1. The summed E-state index contributed by atoms with van der Waals surface area (Å²) in [5.41, 5.74) is 2.11. The molecule has 136 valence electrons. The van der Waals surface area contributed by atoms with Crippen molar-refractivity contribution in [2.45, 2.75) is 15.9 Å². The lowest BCUT2D eigenvalue weighted by Crippen LogP contribution is -2.11. The Balaban J connectivity index is 1.65. The van der Waals surface area contributed by atoms with Crippen LogP contribution in [0.2, 0.25) is 0 Å². The van der Waals surface area contributed by atoms with Crippen LogP contribution in [0.25, 0.3) is 10.9 Å². The molecule has 0 amide bonds. The Morgan fingerprint density at radius 2 is 2.19 bits per heavy atom. The monoisotopic (exact) mass is 407 g/mol. The van der Waals surface area contributed by atoms with Gasteiger partial charge < -0.3 is 10.1 Å². The van der Waals surface area contributed by atoms with Crippen LogP contribution in [0.5, 0.6) is 0 Å². The molecule has 3 N–H and O–H groups in total. The quantitative estimate of drug-likeness (QED) is 0.584. The molecule has 2 aromatic heterocycles. The van der Waals surface area contributed by atoms with E-state index in [2.05, 4.69) is 14.7 Å². The maximum atomic E-state index is 12.5. The third kappa shape index (κ3) is 3.39. The van der Waals surface area contributed by atoms with Crippen molar-refractivity contribution in [1.82, 2.24) is 4.98 Å². The lowest BCUT2D eigenvalue weighted by atomic mass is 10.2. The van der Waals surface area contributed by atoms with Gasteiger partial charge in [-0.2, -0.15) is 0 Å². The third-order valence-electron chi connectivity index (χ3n) is 4.06. The summed E-state index contributed by atoms with van der Waals surface area (Å²) in [5.74, 6) is 0. The summed E-state index contributed by atoms with van der Waals surface area (Å²) >= 11 is 2.82. The average molecular weight is 408 g/mol. The molecule has 0 saturated heterocycles. The number of fused-ring (bicyclic) bond motifs is 1. The van der Waals surface area contributed by atoms with Crippen LogP contribution in [0.3, 0.4) is 0 Å². The number of para-hydroxylation sites is 1. The van der Waals surface area contributed by atoms with Crippen LogP contribution >= 0.6 is 23.1 Å². The highest BCUT2D eigenvalue weighted by molar-refractivity contribution is 8.15. The van der Waals surface area contributed by atoms with Crippen molar-refractivity contribution in [2.24, 2.45) is 4.99 Å². The standard InChI is InChI=1S/C17H17N3O3S3/c21-7-6-12-10-18-17(25-12)14-9-11-3-1-4-13(16(11)19-14)20-26(22,23)15-5-2-8-24-15/h1-5,8-9,12,19-21H,6-7,10H2. The molecule has 0 bridgehead atoms. The fourth-order valence-electron chi connectivity index (χ4n) is 2.83. The second kappa shape index (κ2) is 7.07. The van der Waals surface area contributed by atoms with E-state index in [4.69, 9.17) is 5.11 Å². The van der Waals surface area contributed by atoms with Crippen molar-refractivity contribution in [1.29, 1.82) is 0 Å². The fraction of sp³-hybridized carbons (Fsp3) is 0.235. The molecule has 0 fully saturated rings. The van der Waals surface area contributed by atoms with E-state index in [9.17, 15) is 8.42 Å². The number of benzene rings is 1. The molecule has 3 heterocycles. The molecule has 1 aliphatic rings. The maximum absolute atomic E-state index is 12.5. The number of aromatic amines is 1. The van der Waals surface area contributed by atoms with E-state index in [-0.39, 0.29) is 10.8 Å². The predicted molar refractivity (Wildman–Crippen MR) is 108 cm³/mol. The van der Waals surface area contributed by atoms with E-state index in [1.165, 1.54) is 11.3 Å². The van der Waals surface area contributed by atoms with Gasteiger partial charge in [-0.25, -0.2) is 8.42 Å². The molecule has 1 aliphatic heterocycles. The number of hydrogen-bond donors (Lipinski definition) is 3. The Labute approximate surface area is 159 Å². The summed E-state index contributed by atoms with van der Waals surface area (Å²) in [6, 6.07) is 10.8. The zero-order chi connectivity index (χ0) is 18.1. The molecule has 0 saturated carbocycles. The zero-order valence-corrected chi connectivity index (χ0v) is 16.1. The number of aliphatic hydroxyl groups excluding tert-OH is 1. The first-order valence-corrected chi connectivity index (χ1v) is 11.3. The molecular formula is C17H17N3O3S3. The first-order chi connectivity index (χ1) is 12.6. The van der Waals surface area contributed by atoms with Gasteiger partial charge >= 0.3 is 0 Å². The van der Waals surface area contributed by atoms with E-state index in [1.807, 2.05) is 18.2 Å². The van der Waals surface area contributed by atoms with Crippen LogP contribution in [0, 0.1) is 0 Å². The van der Waals surface area contributed by atoms with E-state index >= 15 is 0 Å². The van der Waals surface area contributed by atoms with Gasteiger partial charge in [0, 0.05) is 17.2 Å². The van der Waals surface area contributed by atoms with Gasteiger partial charge in [-0.1, -0.05) is 30.0 Å². The third-order valence-corrected chi connectivity index (χ3v) is 8.11. The molecule has 1 atom stereocenters. The van der Waals surface area contributed by atoms with E-state index < -0.39 is 10.0 Å². The number of anilines is 1. The molecule has 1 aromatic carbocycles. The average Bonchev–Trinajstić information content (AvgIpc) is 3.35. The minimum atomic E-state index is -3.60. The molecule has 9 heteroatoms. The fourth-order valence-corrected chi connectivity index (χ4v) is 5.97. The second-order valence-corrected chi connectivity index (χ2v) is 10.0. The van der Waals surface area contributed by atoms with Crippen molar-refractivity contribution in [3.05, 3.63) is 47.5 Å². The number of aromatic nitrogens is 1. The Kier molecular flexibility index (Phi) is 4.78. The lowest BCUT2D eigenvalue weighted by Gasteiger charge is -2.07. The maximum Gasteiger partial charge on any atom is 0.271 e. The van der Waals surface area contributed by atoms with Crippen LogP contribution in [-0.4, -0.2) is 42.0 Å². The number of thioether (sulfide) groups is 1. The number of sulfonamides is 1. The van der Waals surface area contributed by atoms with Crippen LogP contribution < -0.4 is 4.72 Å². The Bertz CT molecular complexity index is 1060. The van der Waals surface area contributed by atoms with E-state index in [0.29, 0.717) is 23.9 Å². The Morgan fingerprint density at radius 1 is 1.31 bits per heavy atom. The summed E-state index contributed by atoms with van der Waals surface area (Å²) in [6.45, 7) is 0.843. The highest BCUT2D eigenvalue weighted by Crippen LogP contribution is 2.32. The molecule has 6 nitrogen and oxygen atoms in total. The van der Waals surface area contributed by atoms with Gasteiger partial charge in [-0.3, -0.25) is 9.71 Å². The predicted octanol–water partition coefficient (Wildman–Crippen LogP) is 3.27. The largest absolute Gasteiger partial charge is 0.396 e. The van der Waals surface area contributed by atoms with Crippen LogP contribution in [0.1, 0.15) is 12.1 Å². The summed E-state index contributed by atoms with van der Waals surface area (Å²) in [7, 11) is -3.60. The van der Waals surface area contributed by atoms with Crippen LogP contribution in [0.15, 0.2) is 51.0 Å². The van der Waals surface area contributed by atoms with Gasteiger partial charge in [0.15, 0.2) is 0 Å². The summed E-state index contributed by atoms with van der Waals surface area (Å²) in [6.07, 6.45) is 0.712.